The summed E-state index contributed by atoms with van der Waals surface area (Å²) in [6.07, 6.45) is 1.72. The highest BCUT2D eigenvalue weighted by atomic mass is 16.5. The van der Waals surface area contributed by atoms with Crippen molar-refractivity contribution in [3.63, 3.8) is 0 Å². The fraction of sp³-hybridized carbons (Fsp3) is 0.700. The van der Waals surface area contributed by atoms with E-state index in [2.05, 4.69) is 22.2 Å². The summed E-state index contributed by atoms with van der Waals surface area (Å²) in [5.41, 5.74) is 2.20. The number of imidazole rings is 1. The Hall–Kier alpha value is -0.870. The molecular formula is C10H19N3O. The zero-order valence-electron chi connectivity index (χ0n) is 9.13. The number of rotatable bonds is 6. The SMILES string of the molecule is CCOCC(C)NCc1nc[nH]c1C. The number of aromatic nitrogens is 2. The highest BCUT2D eigenvalue weighted by molar-refractivity contribution is 5.08. The number of aryl methyl sites for hydroxylation is 1. The first-order chi connectivity index (χ1) is 6.74. The van der Waals surface area contributed by atoms with Crippen LogP contribution in [0, 0.1) is 6.92 Å². The minimum Gasteiger partial charge on any atom is -0.380 e. The lowest BCUT2D eigenvalue weighted by molar-refractivity contribution is 0.127. The van der Waals surface area contributed by atoms with Gasteiger partial charge in [-0.25, -0.2) is 4.98 Å². The van der Waals surface area contributed by atoms with Crippen molar-refractivity contribution in [3.05, 3.63) is 17.7 Å². The van der Waals surface area contributed by atoms with E-state index >= 15 is 0 Å². The van der Waals surface area contributed by atoms with Crippen molar-refractivity contribution < 1.29 is 4.74 Å². The van der Waals surface area contributed by atoms with Crippen molar-refractivity contribution in [2.75, 3.05) is 13.2 Å². The summed E-state index contributed by atoms with van der Waals surface area (Å²) in [5.74, 6) is 0. The standard InChI is InChI=1S/C10H19N3O/c1-4-14-6-8(2)11-5-10-9(3)12-7-13-10/h7-8,11H,4-6H2,1-3H3,(H,12,13). The Morgan fingerprint density at radius 3 is 3.00 bits per heavy atom. The zero-order chi connectivity index (χ0) is 10.4. The molecule has 0 spiro atoms. The Bertz CT molecular complexity index is 260. The lowest BCUT2D eigenvalue weighted by Crippen LogP contribution is -2.30. The predicted octanol–water partition coefficient (Wildman–Crippen LogP) is 1.23. The van der Waals surface area contributed by atoms with Gasteiger partial charge >= 0.3 is 0 Å². The molecular weight excluding hydrogens is 178 g/mol. The van der Waals surface area contributed by atoms with E-state index in [1.165, 1.54) is 0 Å². The van der Waals surface area contributed by atoms with Crippen LogP contribution in [0.5, 0.6) is 0 Å². The number of nitrogens with one attached hydrogen (secondary N) is 2. The molecule has 1 aromatic rings. The first-order valence-corrected chi connectivity index (χ1v) is 5.04. The number of aromatic amines is 1. The quantitative estimate of drug-likeness (QED) is 0.721. The second-order valence-corrected chi connectivity index (χ2v) is 3.42. The van der Waals surface area contributed by atoms with Crippen molar-refractivity contribution in [2.24, 2.45) is 0 Å². The molecule has 1 heterocycles. The van der Waals surface area contributed by atoms with Crippen LogP contribution in [-0.4, -0.2) is 29.2 Å². The predicted molar refractivity (Wildman–Crippen MR) is 56.1 cm³/mol. The molecule has 4 nitrogen and oxygen atoms in total. The number of ether oxygens (including phenoxy) is 1. The molecule has 0 saturated carbocycles. The van der Waals surface area contributed by atoms with Crippen molar-refractivity contribution in [1.29, 1.82) is 0 Å². The van der Waals surface area contributed by atoms with E-state index in [9.17, 15) is 0 Å². The Morgan fingerprint density at radius 2 is 2.43 bits per heavy atom. The van der Waals surface area contributed by atoms with Crippen molar-refractivity contribution in [2.45, 2.75) is 33.4 Å². The second-order valence-electron chi connectivity index (χ2n) is 3.42. The van der Waals surface area contributed by atoms with Gasteiger partial charge in [0.25, 0.3) is 0 Å². The molecule has 1 aromatic heterocycles. The van der Waals surface area contributed by atoms with E-state index < -0.39 is 0 Å². The number of nitrogens with zero attached hydrogens (tertiary/aromatic N) is 1. The van der Waals surface area contributed by atoms with Crippen molar-refractivity contribution >= 4 is 0 Å². The van der Waals surface area contributed by atoms with Crippen LogP contribution >= 0.6 is 0 Å². The molecule has 2 N–H and O–H groups in total. The molecule has 1 atom stereocenters. The largest absolute Gasteiger partial charge is 0.380 e. The molecule has 0 aliphatic rings. The third-order valence-electron chi connectivity index (χ3n) is 2.12. The molecule has 0 fully saturated rings. The van der Waals surface area contributed by atoms with Crippen LogP contribution in [0.4, 0.5) is 0 Å². The van der Waals surface area contributed by atoms with Crippen LogP contribution in [0.25, 0.3) is 0 Å². The van der Waals surface area contributed by atoms with Crippen LogP contribution in [-0.2, 0) is 11.3 Å². The first-order valence-electron chi connectivity index (χ1n) is 5.04. The van der Waals surface area contributed by atoms with E-state index in [-0.39, 0.29) is 0 Å². The van der Waals surface area contributed by atoms with Gasteiger partial charge in [0, 0.05) is 24.9 Å². The minimum atomic E-state index is 0.367. The summed E-state index contributed by atoms with van der Waals surface area (Å²) in [6.45, 7) is 8.45. The first kappa shape index (κ1) is 11.2. The average molecular weight is 197 g/mol. The van der Waals surface area contributed by atoms with Gasteiger partial charge in [-0.3, -0.25) is 0 Å². The second kappa shape index (κ2) is 5.78. The summed E-state index contributed by atoms with van der Waals surface area (Å²) in [6, 6.07) is 0.367. The number of hydrogen-bond donors (Lipinski definition) is 2. The van der Waals surface area contributed by atoms with Crippen LogP contribution in [0.3, 0.4) is 0 Å². The molecule has 1 unspecified atom stereocenters. The van der Waals surface area contributed by atoms with Gasteiger partial charge in [0.15, 0.2) is 0 Å². The van der Waals surface area contributed by atoms with E-state index in [0.717, 1.165) is 31.1 Å². The average Bonchev–Trinajstić information content (AvgIpc) is 2.58. The molecule has 0 aliphatic carbocycles. The zero-order valence-corrected chi connectivity index (χ0v) is 9.13. The van der Waals surface area contributed by atoms with E-state index in [0.29, 0.717) is 6.04 Å². The van der Waals surface area contributed by atoms with Gasteiger partial charge in [-0.1, -0.05) is 0 Å². The molecule has 0 aliphatic heterocycles. The third-order valence-corrected chi connectivity index (χ3v) is 2.12. The lowest BCUT2D eigenvalue weighted by atomic mass is 10.3. The molecule has 80 valence electrons. The normalized spacial score (nSPS) is 13.1. The molecule has 0 aromatic carbocycles. The Kier molecular flexibility index (Phi) is 4.62. The van der Waals surface area contributed by atoms with Gasteiger partial charge in [0.2, 0.25) is 0 Å². The molecule has 0 saturated heterocycles. The maximum atomic E-state index is 5.30. The lowest BCUT2D eigenvalue weighted by Gasteiger charge is -2.12. The molecule has 0 bridgehead atoms. The van der Waals surface area contributed by atoms with Gasteiger partial charge in [-0.15, -0.1) is 0 Å². The van der Waals surface area contributed by atoms with Gasteiger partial charge in [0.05, 0.1) is 18.6 Å². The summed E-state index contributed by atoms with van der Waals surface area (Å²) in [5, 5.41) is 3.35. The van der Waals surface area contributed by atoms with Gasteiger partial charge in [-0.2, -0.15) is 0 Å². The van der Waals surface area contributed by atoms with E-state index in [1.54, 1.807) is 6.33 Å². The van der Waals surface area contributed by atoms with E-state index in [4.69, 9.17) is 4.74 Å². The summed E-state index contributed by atoms with van der Waals surface area (Å²) in [4.78, 5) is 7.26. The van der Waals surface area contributed by atoms with Crippen molar-refractivity contribution in [3.8, 4) is 0 Å². The summed E-state index contributed by atoms with van der Waals surface area (Å²) >= 11 is 0. The maximum absolute atomic E-state index is 5.30. The number of hydrogen-bond acceptors (Lipinski definition) is 3. The Morgan fingerprint density at radius 1 is 1.64 bits per heavy atom. The minimum absolute atomic E-state index is 0.367. The van der Waals surface area contributed by atoms with E-state index in [1.807, 2.05) is 13.8 Å². The third kappa shape index (κ3) is 3.47. The highest BCUT2D eigenvalue weighted by Crippen LogP contribution is 1.99. The van der Waals surface area contributed by atoms with Gasteiger partial charge < -0.3 is 15.0 Å². The molecule has 1 rings (SSSR count). The van der Waals surface area contributed by atoms with Crippen LogP contribution in [0.15, 0.2) is 6.33 Å². The monoisotopic (exact) mass is 197 g/mol. The van der Waals surface area contributed by atoms with Crippen molar-refractivity contribution in [1.82, 2.24) is 15.3 Å². The fourth-order valence-electron chi connectivity index (χ4n) is 1.19. The molecule has 0 amide bonds. The molecule has 4 heteroatoms. The summed E-state index contributed by atoms with van der Waals surface area (Å²) in [7, 11) is 0. The molecule has 14 heavy (non-hydrogen) atoms. The van der Waals surface area contributed by atoms with Crippen LogP contribution in [0.2, 0.25) is 0 Å². The smallest absolute Gasteiger partial charge is 0.0925 e. The highest BCUT2D eigenvalue weighted by Gasteiger charge is 2.04. The Labute approximate surface area is 85.1 Å². The molecule has 0 radical (unpaired) electrons. The van der Waals surface area contributed by atoms with Crippen LogP contribution < -0.4 is 5.32 Å². The maximum Gasteiger partial charge on any atom is 0.0925 e. The van der Waals surface area contributed by atoms with Crippen LogP contribution in [0.1, 0.15) is 25.2 Å². The van der Waals surface area contributed by atoms with Gasteiger partial charge in [-0.05, 0) is 20.8 Å². The van der Waals surface area contributed by atoms with Gasteiger partial charge in [0.1, 0.15) is 0 Å². The number of H-pyrrole nitrogens is 1. The summed E-state index contributed by atoms with van der Waals surface area (Å²) < 4.78 is 5.30. The Balaban J connectivity index is 2.23. The fourth-order valence-corrected chi connectivity index (χ4v) is 1.19. The topological polar surface area (TPSA) is 49.9 Å².